The lowest BCUT2D eigenvalue weighted by Gasteiger charge is -2.29. The Morgan fingerprint density at radius 3 is 2.37 bits per heavy atom. The molecule has 218 valence electrons. The van der Waals surface area contributed by atoms with Crippen LogP contribution in [0.2, 0.25) is 0 Å². The first-order valence-electron chi connectivity index (χ1n) is 15.6. The second-order valence-electron chi connectivity index (χ2n) is 12.2. The van der Waals surface area contributed by atoms with Gasteiger partial charge in [-0.3, -0.25) is 0 Å². The minimum Gasteiger partial charge on any atom is -0.456 e. The van der Waals surface area contributed by atoms with E-state index >= 15 is 0 Å². The summed E-state index contributed by atoms with van der Waals surface area (Å²) in [4.78, 5) is 2.53. The van der Waals surface area contributed by atoms with Crippen LogP contribution in [-0.2, 0) is 0 Å². The molecule has 0 saturated carbocycles. The third-order valence-electron chi connectivity index (χ3n) is 9.63. The van der Waals surface area contributed by atoms with Gasteiger partial charge in [-0.25, -0.2) is 0 Å². The Bertz CT molecular complexity index is 2590. The summed E-state index contributed by atoms with van der Waals surface area (Å²) < 4.78 is 9.92. The second kappa shape index (κ2) is 10.1. The maximum Gasteiger partial charge on any atom is 0.136 e. The molecule has 4 heteroatoms. The van der Waals surface area contributed by atoms with Gasteiger partial charge in [-0.05, 0) is 107 Å². The van der Waals surface area contributed by atoms with E-state index < -0.39 is 0 Å². The molecular weight excluding hydrogens is 646 g/mol. The molecule has 46 heavy (non-hydrogen) atoms. The van der Waals surface area contributed by atoms with Crippen molar-refractivity contribution in [3.05, 3.63) is 155 Å². The maximum atomic E-state index is 6.18. The third kappa shape index (κ3) is 3.93. The number of allylic oxidation sites excluding steroid dienone is 2. The molecule has 10 rings (SSSR count). The van der Waals surface area contributed by atoms with Crippen LogP contribution in [0.25, 0.3) is 64.4 Å². The van der Waals surface area contributed by atoms with E-state index in [1.165, 1.54) is 64.9 Å². The first kappa shape index (κ1) is 26.3. The molecule has 0 saturated heterocycles. The zero-order chi connectivity index (χ0) is 30.4. The fraction of sp³-hybridized carbons (Fsp3) is 0.0476. The number of furan rings is 1. The van der Waals surface area contributed by atoms with Crippen molar-refractivity contribution in [2.45, 2.75) is 12.5 Å². The molecule has 0 fully saturated rings. The molecule has 2 aliphatic rings. The quantitative estimate of drug-likeness (QED) is 0.186. The average Bonchev–Trinajstić information content (AvgIpc) is 3.77. The molecule has 0 N–H and O–H groups in total. The Hall–Kier alpha value is -4.90. The van der Waals surface area contributed by atoms with Crippen molar-refractivity contribution in [3.63, 3.8) is 0 Å². The van der Waals surface area contributed by atoms with E-state index in [0.29, 0.717) is 0 Å². The van der Waals surface area contributed by atoms with Gasteiger partial charge in [-0.15, -0.1) is 11.3 Å². The lowest BCUT2D eigenvalue weighted by Crippen LogP contribution is -2.27. The van der Waals surface area contributed by atoms with Gasteiger partial charge in [0.25, 0.3) is 0 Å². The number of halogens is 1. The summed E-state index contributed by atoms with van der Waals surface area (Å²) in [5.41, 5.74) is 11.9. The summed E-state index contributed by atoms with van der Waals surface area (Å²) in [6.45, 7) is 0. The highest BCUT2D eigenvalue weighted by Crippen LogP contribution is 2.50. The van der Waals surface area contributed by atoms with Gasteiger partial charge in [0.15, 0.2) is 0 Å². The van der Waals surface area contributed by atoms with Gasteiger partial charge in [0.2, 0.25) is 0 Å². The number of hydrogen-bond acceptors (Lipinski definition) is 3. The number of para-hydroxylation sites is 1. The Kier molecular flexibility index (Phi) is 5.75. The van der Waals surface area contributed by atoms with E-state index in [1.54, 1.807) is 0 Å². The topological polar surface area (TPSA) is 16.4 Å². The van der Waals surface area contributed by atoms with E-state index in [0.717, 1.165) is 32.8 Å². The van der Waals surface area contributed by atoms with Crippen LogP contribution in [0.15, 0.2) is 148 Å². The maximum absolute atomic E-state index is 6.18. The molecule has 0 bridgehead atoms. The smallest absolute Gasteiger partial charge is 0.136 e. The van der Waals surface area contributed by atoms with Gasteiger partial charge < -0.3 is 9.32 Å². The van der Waals surface area contributed by atoms with Crippen LogP contribution in [0.4, 0.5) is 11.4 Å². The van der Waals surface area contributed by atoms with Crippen LogP contribution in [0.5, 0.6) is 0 Å². The van der Waals surface area contributed by atoms with Crippen molar-refractivity contribution >= 4 is 91.9 Å². The summed E-state index contributed by atoms with van der Waals surface area (Å²) in [6, 6.07) is 46.5. The molecule has 1 aliphatic heterocycles. The minimum absolute atomic E-state index is 0.248. The summed E-state index contributed by atoms with van der Waals surface area (Å²) in [5, 5.41) is 4.93. The molecule has 1 unspecified atom stereocenters. The summed E-state index contributed by atoms with van der Waals surface area (Å²) in [6.07, 6.45) is 5.82. The standard InChI is InChI=1S/C42H26BrNOS/c43-35-10-6-11-39-42(35)34-24-27(15-19-38(34)45-39)25-13-17-36-31(21-25)32-22-26(14-18-37(32)44(36)29-7-2-1-3-8-29)28-16-20-41-33(23-28)30-9-4-5-12-40(30)46-41/h1-17,19-24,37H,18H2. The lowest BCUT2D eigenvalue weighted by atomic mass is 9.88. The van der Waals surface area contributed by atoms with Gasteiger partial charge >= 0.3 is 0 Å². The first-order valence-corrected chi connectivity index (χ1v) is 17.2. The highest BCUT2D eigenvalue weighted by molar-refractivity contribution is 9.10. The molecule has 1 atom stereocenters. The molecular formula is C42H26BrNOS. The summed E-state index contributed by atoms with van der Waals surface area (Å²) in [7, 11) is 0. The first-order chi connectivity index (χ1) is 22.7. The largest absolute Gasteiger partial charge is 0.456 e. The van der Waals surface area contributed by atoms with E-state index in [2.05, 4.69) is 148 Å². The summed E-state index contributed by atoms with van der Waals surface area (Å²) >= 11 is 5.63. The van der Waals surface area contributed by atoms with Crippen LogP contribution < -0.4 is 4.90 Å². The average molecular weight is 673 g/mol. The molecule has 0 radical (unpaired) electrons. The fourth-order valence-electron chi connectivity index (χ4n) is 7.49. The number of thiophene rings is 1. The molecule has 6 aromatic carbocycles. The summed E-state index contributed by atoms with van der Waals surface area (Å²) in [5.74, 6) is 0. The van der Waals surface area contributed by atoms with Gasteiger partial charge in [0.05, 0.1) is 6.04 Å². The molecule has 2 aromatic heterocycles. The SMILES string of the molecule is Brc1cccc2oc3ccc(-c4ccc5c(c4)C4=CC(c6ccc7sc8ccccc8c7c6)=CCC4N5c4ccccc4)cc3c12. The highest BCUT2D eigenvalue weighted by atomic mass is 79.9. The van der Waals surface area contributed by atoms with E-state index in [4.69, 9.17) is 4.42 Å². The van der Waals surface area contributed by atoms with Crippen LogP contribution in [0, 0.1) is 0 Å². The Labute approximate surface area is 278 Å². The Morgan fingerprint density at radius 2 is 1.43 bits per heavy atom. The van der Waals surface area contributed by atoms with Crippen molar-refractivity contribution < 1.29 is 4.42 Å². The molecule has 3 heterocycles. The van der Waals surface area contributed by atoms with E-state index in [9.17, 15) is 0 Å². The van der Waals surface area contributed by atoms with Crippen molar-refractivity contribution in [2.75, 3.05) is 4.90 Å². The van der Waals surface area contributed by atoms with Crippen LogP contribution >= 0.6 is 27.3 Å². The number of hydrogen-bond donors (Lipinski definition) is 0. The number of rotatable bonds is 3. The monoisotopic (exact) mass is 671 g/mol. The van der Waals surface area contributed by atoms with E-state index in [1.807, 2.05) is 23.5 Å². The zero-order valence-corrected chi connectivity index (χ0v) is 27.1. The molecule has 8 aromatic rings. The lowest BCUT2D eigenvalue weighted by molar-refractivity contribution is 0.669. The number of fused-ring (bicyclic) bond motifs is 9. The van der Waals surface area contributed by atoms with Crippen LogP contribution in [-0.4, -0.2) is 6.04 Å². The fourth-order valence-corrected chi connectivity index (χ4v) is 9.14. The number of benzene rings is 6. The van der Waals surface area contributed by atoms with Gasteiger partial charge in [0, 0.05) is 52.4 Å². The Balaban J connectivity index is 1.12. The van der Waals surface area contributed by atoms with Gasteiger partial charge in [-0.2, -0.15) is 0 Å². The predicted octanol–water partition coefficient (Wildman–Crippen LogP) is 12.8. The van der Waals surface area contributed by atoms with Crippen molar-refractivity contribution in [2.24, 2.45) is 0 Å². The Morgan fingerprint density at radius 1 is 0.652 bits per heavy atom. The molecule has 1 aliphatic carbocycles. The third-order valence-corrected chi connectivity index (χ3v) is 11.4. The van der Waals surface area contributed by atoms with Crippen LogP contribution in [0.1, 0.15) is 17.5 Å². The minimum atomic E-state index is 0.248. The highest BCUT2D eigenvalue weighted by Gasteiger charge is 2.36. The van der Waals surface area contributed by atoms with Crippen molar-refractivity contribution in [1.82, 2.24) is 0 Å². The van der Waals surface area contributed by atoms with Gasteiger partial charge in [0.1, 0.15) is 11.2 Å². The number of anilines is 2. The zero-order valence-electron chi connectivity index (χ0n) is 24.7. The van der Waals surface area contributed by atoms with E-state index in [-0.39, 0.29) is 6.04 Å². The van der Waals surface area contributed by atoms with Crippen LogP contribution in [0.3, 0.4) is 0 Å². The number of nitrogens with zero attached hydrogens (tertiary/aromatic N) is 1. The molecule has 0 amide bonds. The van der Waals surface area contributed by atoms with Crippen molar-refractivity contribution in [3.8, 4) is 11.1 Å². The normalized spacial score (nSPS) is 15.8. The molecule has 2 nitrogen and oxygen atoms in total. The van der Waals surface area contributed by atoms with Crippen molar-refractivity contribution in [1.29, 1.82) is 0 Å². The van der Waals surface area contributed by atoms with Gasteiger partial charge in [-0.1, -0.05) is 82.7 Å². The molecule has 0 spiro atoms. The predicted molar refractivity (Wildman–Crippen MR) is 199 cm³/mol. The second-order valence-corrected chi connectivity index (χ2v) is 14.1.